The first kappa shape index (κ1) is 35.6. The summed E-state index contributed by atoms with van der Waals surface area (Å²) in [6.07, 6.45) is -11.3. The van der Waals surface area contributed by atoms with Crippen LogP contribution in [0.4, 0.5) is 0 Å². The Balaban J connectivity index is 1.17. The summed E-state index contributed by atoms with van der Waals surface area (Å²) >= 11 is 0.754. The first-order valence-electron chi connectivity index (χ1n) is 15.7. The Hall–Kier alpha value is -3.19. The molecule has 49 heavy (non-hydrogen) atoms. The van der Waals surface area contributed by atoms with Crippen molar-refractivity contribution in [3.63, 3.8) is 0 Å². The minimum Gasteiger partial charge on any atom is -0.422 e. The van der Waals surface area contributed by atoms with Gasteiger partial charge in [-0.25, -0.2) is 9.59 Å². The molecule has 2 aromatic heterocycles. The highest BCUT2D eigenvalue weighted by molar-refractivity contribution is 8.00. The van der Waals surface area contributed by atoms with Gasteiger partial charge in [-0.3, -0.25) is 0 Å². The highest BCUT2D eigenvalue weighted by Crippen LogP contribution is 2.38. The van der Waals surface area contributed by atoms with Gasteiger partial charge in [0.2, 0.25) is 0 Å². The molecule has 0 bridgehead atoms. The van der Waals surface area contributed by atoms with Gasteiger partial charge in [-0.1, -0.05) is 36.0 Å². The lowest BCUT2D eigenvalue weighted by Gasteiger charge is -2.46. The SMILES string of the molecule is Cc1ccc2cc(COC3[C@@H](O)C(CO)O[C@@H](S[C@@H]4OC(CO)[C@H](O)[C@H](OCc5cc6ccc(C)cc6oc5=O)C4O)[C@@H]3O)c(=O)oc2c1. The number of benzene rings is 2. The van der Waals surface area contributed by atoms with Crippen molar-refractivity contribution in [2.45, 2.75) is 86.8 Å². The van der Waals surface area contributed by atoms with Crippen molar-refractivity contribution in [1.82, 2.24) is 0 Å². The molecule has 2 fully saturated rings. The van der Waals surface area contributed by atoms with Crippen molar-refractivity contribution >= 4 is 33.7 Å². The number of thioether (sulfide) groups is 1. The van der Waals surface area contributed by atoms with Crippen LogP contribution in [0.1, 0.15) is 22.3 Å². The van der Waals surface area contributed by atoms with Crippen LogP contribution < -0.4 is 11.3 Å². The molecule has 0 radical (unpaired) electrons. The standard InChI is InChI=1S/C34H38O14S/c1-15-3-5-17-9-19(31(41)45-21(17)7-15)13-43-29-25(37)23(11-35)47-33(27(29)39)49-34-28(40)30(26(38)24(12-36)48-34)44-14-20-10-18-6-4-16(2)8-22(18)46-32(20)42/h3-10,23-30,33-40H,11-14H2,1-2H3/t23?,24?,25-,26-,27+,28?,29?,30-,33-,34-/m0/s1. The Morgan fingerprint density at radius 1 is 0.633 bits per heavy atom. The van der Waals surface area contributed by atoms with Crippen LogP contribution in [-0.2, 0) is 32.2 Å². The predicted molar refractivity (Wildman–Crippen MR) is 175 cm³/mol. The zero-order chi connectivity index (χ0) is 35.0. The average Bonchev–Trinajstić information content (AvgIpc) is 3.07. The summed E-state index contributed by atoms with van der Waals surface area (Å²) in [6.45, 7) is 1.71. The Morgan fingerprint density at radius 2 is 1.04 bits per heavy atom. The molecule has 6 N–H and O–H groups in total. The third-order valence-corrected chi connectivity index (χ3v) is 10.0. The fraction of sp³-hybridized carbons (Fsp3) is 0.471. The lowest BCUT2D eigenvalue weighted by Crippen LogP contribution is -2.61. The van der Waals surface area contributed by atoms with E-state index in [1.807, 2.05) is 26.0 Å². The van der Waals surface area contributed by atoms with Crippen LogP contribution in [0, 0.1) is 13.8 Å². The van der Waals surface area contributed by atoms with Gasteiger partial charge in [0.15, 0.2) is 0 Å². The summed E-state index contributed by atoms with van der Waals surface area (Å²) in [5.41, 5.74) is -0.990. The van der Waals surface area contributed by atoms with E-state index >= 15 is 0 Å². The smallest absolute Gasteiger partial charge is 0.341 e. The molecule has 4 aromatic rings. The number of ether oxygens (including phenoxy) is 4. The average molecular weight is 703 g/mol. The van der Waals surface area contributed by atoms with E-state index in [-0.39, 0.29) is 24.3 Å². The van der Waals surface area contributed by atoms with E-state index in [0.717, 1.165) is 22.9 Å². The molecular formula is C34H38O14S. The normalized spacial score (nSPS) is 30.6. The Bertz CT molecular complexity index is 1760. The van der Waals surface area contributed by atoms with Crippen molar-refractivity contribution in [3.05, 3.63) is 91.6 Å². The van der Waals surface area contributed by atoms with Gasteiger partial charge in [-0.05, 0) is 49.2 Å². The minimum absolute atomic E-state index is 0.133. The summed E-state index contributed by atoms with van der Waals surface area (Å²) < 4.78 is 34.0. The van der Waals surface area contributed by atoms with Crippen molar-refractivity contribution in [3.8, 4) is 0 Å². The van der Waals surface area contributed by atoms with E-state index < -0.39 is 84.2 Å². The number of hydrogen-bond acceptors (Lipinski definition) is 15. The number of aliphatic hydroxyl groups is 6. The van der Waals surface area contributed by atoms with E-state index in [1.54, 1.807) is 36.4 Å². The number of aryl methyl sites for hydroxylation is 2. The molecular weight excluding hydrogens is 664 g/mol. The van der Waals surface area contributed by atoms with Gasteiger partial charge in [0, 0.05) is 10.8 Å². The molecule has 0 aliphatic carbocycles. The summed E-state index contributed by atoms with van der Waals surface area (Å²) in [7, 11) is 0. The van der Waals surface area contributed by atoms with Crippen LogP contribution in [-0.4, -0.2) is 104 Å². The van der Waals surface area contributed by atoms with Crippen molar-refractivity contribution in [2.75, 3.05) is 13.2 Å². The highest BCUT2D eigenvalue weighted by Gasteiger charge is 2.51. The second kappa shape index (κ2) is 15.0. The zero-order valence-corrected chi connectivity index (χ0v) is 27.4. The van der Waals surface area contributed by atoms with Crippen molar-refractivity contribution < 1.29 is 58.4 Å². The van der Waals surface area contributed by atoms with Gasteiger partial charge < -0.3 is 58.4 Å². The quantitative estimate of drug-likeness (QED) is 0.125. The molecule has 4 unspecified atom stereocenters. The maximum Gasteiger partial charge on any atom is 0.341 e. The molecule has 2 aliphatic rings. The first-order valence-corrected chi connectivity index (χ1v) is 16.6. The molecule has 10 atom stereocenters. The minimum atomic E-state index is -1.57. The van der Waals surface area contributed by atoms with Crippen molar-refractivity contribution in [1.29, 1.82) is 0 Å². The molecule has 0 amide bonds. The van der Waals surface area contributed by atoms with E-state index in [4.69, 9.17) is 27.8 Å². The Kier molecular flexibility index (Phi) is 10.9. The fourth-order valence-corrected chi connectivity index (χ4v) is 7.26. The van der Waals surface area contributed by atoms with E-state index in [0.29, 0.717) is 21.9 Å². The molecule has 4 heterocycles. The molecule has 6 rings (SSSR count). The molecule has 0 spiro atoms. The Labute approximate surface area is 283 Å². The van der Waals surface area contributed by atoms with Gasteiger partial charge >= 0.3 is 11.3 Å². The van der Waals surface area contributed by atoms with Crippen LogP contribution in [0.5, 0.6) is 0 Å². The summed E-state index contributed by atoms with van der Waals surface area (Å²) in [5.74, 6) is 0. The largest absolute Gasteiger partial charge is 0.422 e. The zero-order valence-electron chi connectivity index (χ0n) is 26.6. The fourth-order valence-electron chi connectivity index (χ4n) is 5.95. The Morgan fingerprint density at radius 3 is 1.43 bits per heavy atom. The molecule has 2 saturated heterocycles. The van der Waals surface area contributed by atoms with Crippen molar-refractivity contribution in [2.24, 2.45) is 0 Å². The van der Waals surface area contributed by atoms with Crippen LogP contribution in [0.2, 0.25) is 0 Å². The molecule has 2 aliphatic heterocycles. The molecule has 2 aromatic carbocycles. The topological polar surface area (TPSA) is 219 Å². The lowest BCUT2D eigenvalue weighted by atomic mass is 9.99. The monoisotopic (exact) mass is 702 g/mol. The third kappa shape index (κ3) is 7.48. The van der Waals surface area contributed by atoms with Crippen LogP contribution >= 0.6 is 11.8 Å². The van der Waals surface area contributed by atoms with Gasteiger partial charge in [0.05, 0.1) is 37.6 Å². The maximum absolute atomic E-state index is 12.7. The summed E-state index contributed by atoms with van der Waals surface area (Å²) in [5, 5.41) is 65.5. The maximum atomic E-state index is 12.7. The number of fused-ring (bicyclic) bond motifs is 2. The number of rotatable bonds is 10. The van der Waals surface area contributed by atoms with E-state index in [9.17, 15) is 40.2 Å². The van der Waals surface area contributed by atoms with Crippen LogP contribution in [0.25, 0.3) is 21.9 Å². The molecule has 15 heteroatoms. The molecule has 264 valence electrons. The van der Waals surface area contributed by atoms with Gasteiger partial charge in [0.25, 0.3) is 0 Å². The van der Waals surface area contributed by atoms with Gasteiger partial charge in [-0.2, -0.15) is 0 Å². The second-order valence-corrected chi connectivity index (χ2v) is 13.5. The van der Waals surface area contributed by atoms with E-state index in [2.05, 4.69) is 0 Å². The first-order chi connectivity index (χ1) is 23.5. The molecule has 0 saturated carbocycles. The number of aliphatic hydroxyl groups excluding tert-OH is 6. The number of hydrogen-bond donors (Lipinski definition) is 6. The van der Waals surface area contributed by atoms with Gasteiger partial charge in [-0.15, -0.1) is 0 Å². The van der Waals surface area contributed by atoms with Crippen LogP contribution in [0.3, 0.4) is 0 Å². The summed E-state index contributed by atoms with van der Waals surface area (Å²) in [4.78, 5) is 25.3. The molecule has 14 nitrogen and oxygen atoms in total. The highest BCUT2D eigenvalue weighted by atomic mass is 32.2. The third-order valence-electron chi connectivity index (χ3n) is 8.70. The second-order valence-electron chi connectivity index (χ2n) is 12.3. The predicted octanol–water partition coefficient (Wildman–Crippen LogP) is 0.598. The van der Waals surface area contributed by atoms with Gasteiger partial charge in [0.1, 0.15) is 70.9 Å². The van der Waals surface area contributed by atoms with Crippen LogP contribution in [0.15, 0.2) is 67.0 Å². The summed E-state index contributed by atoms with van der Waals surface area (Å²) in [6, 6.07) is 13.9. The lowest BCUT2D eigenvalue weighted by molar-refractivity contribution is -0.231. The van der Waals surface area contributed by atoms with E-state index in [1.165, 1.54) is 0 Å².